The van der Waals surface area contributed by atoms with Crippen LogP contribution in [-0.2, 0) is 10.8 Å². The lowest BCUT2D eigenvalue weighted by molar-refractivity contribution is 0.660. The Kier molecular flexibility index (Phi) is 5.63. The predicted molar refractivity (Wildman–Crippen MR) is 191 cm³/mol. The van der Waals surface area contributed by atoms with Crippen LogP contribution in [0.2, 0.25) is 0 Å². The SMILES string of the molecule is CC1(C)c2cc(-c3ccccc3)ccc2-c2ccc(-c3nc(-c4cccc5c4-c4ccccc4C5(C)C)nc4ccccc34)cc21. The topological polar surface area (TPSA) is 25.8 Å². The molecule has 2 aliphatic carbocycles. The molecule has 0 bridgehead atoms. The highest BCUT2D eigenvalue weighted by molar-refractivity contribution is 5.97. The molecule has 9 rings (SSSR count). The zero-order valence-electron chi connectivity index (χ0n) is 26.6. The zero-order chi connectivity index (χ0) is 31.2. The number of rotatable bonds is 3. The Morgan fingerprint density at radius 1 is 0.413 bits per heavy atom. The molecule has 0 aliphatic heterocycles. The highest BCUT2D eigenvalue weighted by atomic mass is 14.9. The van der Waals surface area contributed by atoms with Gasteiger partial charge in [0.15, 0.2) is 5.82 Å². The van der Waals surface area contributed by atoms with E-state index in [9.17, 15) is 0 Å². The van der Waals surface area contributed by atoms with Crippen LogP contribution in [0.1, 0.15) is 49.9 Å². The van der Waals surface area contributed by atoms with Crippen LogP contribution < -0.4 is 0 Å². The van der Waals surface area contributed by atoms with Crippen LogP contribution in [0.25, 0.3) is 66.9 Å². The molecule has 0 spiro atoms. The first kappa shape index (κ1) is 27.0. The second kappa shape index (κ2) is 9.58. The highest BCUT2D eigenvalue weighted by Gasteiger charge is 2.38. The molecule has 0 atom stereocenters. The van der Waals surface area contributed by atoms with Crippen LogP contribution in [0.15, 0.2) is 133 Å². The Hall–Kier alpha value is -5.34. The minimum absolute atomic E-state index is 0.0808. The fourth-order valence-electron chi connectivity index (χ4n) is 8.05. The summed E-state index contributed by atoms with van der Waals surface area (Å²) in [5.74, 6) is 0.772. The van der Waals surface area contributed by atoms with Gasteiger partial charge in [0.05, 0.1) is 11.2 Å². The molecule has 0 amide bonds. The molecule has 0 saturated carbocycles. The molecule has 6 aromatic carbocycles. The van der Waals surface area contributed by atoms with E-state index in [4.69, 9.17) is 9.97 Å². The van der Waals surface area contributed by atoms with Gasteiger partial charge in [-0.05, 0) is 73.8 Å². The molecule has 0 N–H and O–H groups in total. The number of para-hydroxylation sites is 1. The van der Waals surface area contributed by atoms with Crippen LogP contribution in [0.3, 0.4) is 0 Å². The quantitative estimate of drug-likeness (QED) is 0.205. The molecule has 0 unspecified atom stereocenters. The Bertz CT molecular complexity index is 2360. The fraction of sp³-hybridized carbons (Fsp3) is 0.136. The van der Waals surface area contributed by atoms with Gasteiger partial charge in [0.2, 0.25) is 0 Å². The summed E-state index contributed by atoms with van der Waals surface area (Å²) in [5.41, 5.74) is 17.0. The third-order valence-electron chi connectivity index (χ3n) is 10.5. The van der Waals surface area contributed by atoms with Crippen molar-refractivity contribution in [2.45, 2.75) is 38.5 Å². The molecule has 0 saturated heterocycles. The lowest BCUT2D eigenvalue weighted by atomic mass is 9.81. The first-order valence-corrected chi connectivity index (χ1v) is 16.2. The molecule has 7 aromatic rings. The van der Waals surface area contributed by atoms with Crippen molar-refractivity contribution in [3.05, 3.63) is 156 Å². The number of hydrogen-bond acceptors (Lipinski definition) is 2. The molecular formula is C44H34N2. The van der Waals surface area contributed by atoms with E-state index in [1.54, 1.807) is 0 Å². The van der Waals surface area contributed by atoms with Gasteiger partial charge in [0, 0.05) is 27.3 Å². The van der Waals surface area contributed by atoms with E-state index < -0.39 is 0 Å². The second-order valence-electron chi connectivity index (χ2n) is 13.8. The third kappa shape index (κ3) is 3.77. The summed E-state index contributed by atoms with van der Waals surface area (Å²) < 4.78 is 0. The van der Waals surface area contributed by atoms with E-state index in [1.807, 2.05) is 0 Å². The van der Waals surface area contributed by atoms with E-state index in [0.717, 1.165) is 33.5 Å². The number of hydrogen-bond donors (Lipinski definition) is 0. The first-order valence-electron chi connectivity index (χ1n) is 16.2. The highest BCUT2D eigenvalue weighted by Crippen LogP contribution is 2.53. The first-order chi connectivity index (χ1) is 22.3. The number of benzene rings is 6. The maximum atomic E-state index is 5.40. The van der Waals surface area contributed by atoms with Gasteiger partial charge < -0.3 is 0 Å². The predicted octanol–water partition coefficient (Wildman–Crippen LogP) is 11.2. The summed E-state index contributed by atoms with van der Waals surface area (Å²) in [4.78, 5) is 10.6. The van der Waals surface area contributed by atoms with Crippen LogP contribution in [0, 0.1) is 0 Å². The van der Waals surface area contributed by atoms with Gasteiger partial charge in [-0.2, -0.15) is 0 Å². The second-order valence-corrected chi connectivity index (χ2v) is 13.8. The van der Waals surface area contributed by atoms with Crippen molar-refractivity contribution in [3.63, 3.8) is 0 Å². The lowest BCUT2D eigenvalue weighted by Gasteiger charge is -2.23. The Morgan fingerprint density at radius 3 is 1.83 bits per heavy atom. The molecular weight excluding hydrogens is 556 g/mol. The van der Waals surface area contributed by atoms with Crippen molar-refractivity contribution in [2.75, 3.05) is 0 Å². The number of nitrogens with zero attached hydrogens (tertiary/aromatic N) is 2. The summed E-state index contributed by atoms with van der Waals surface area (Å²) in [6.07, 6.45) is 0. The van der Waals surface area contributed by atoms with Crippen LogP contribution in [0.4, 0.5) is 0 Å². The summed E-state index contributed by atoms with van der Waals surface area (Å²) in [7, 11) is 0. The molecule has 0 fully saturated rings. The smallest absolute Gasteiger partial charge is 0.161 e. The number of fused-ring (bicyclic) bond motifs is 7. The zero-order valence-corrected chi connectivity index (χ0v) is 26.6. The standard InChI is InChI=1S/C44H34N2/c1-43(2)35-18-10-8-15-32(35)40-34(17-12-19-36(40)43)42-45-39-20-11-9-16-33(39)41(46-42)29-22-24-31-30-23-21-28(27-13-6-5-7-14-27)25-37(30)44(3,4)38(31)26-29/h5-26H,1-4H3. The molecule has 220 valence electrons. The van der Waals surface area contributed by atoms with Crippen LogP contribution in [0.5, 0.6) is 0 Å². The van der Waals surface area contributed by atoms with Gasteiger partial charge in [-0.15, -0.1) is 0 Å². The van der Waals surface area contributed by atoms with E-state index in [-0.39, 0.29) is 10.8 Å². The van der Waals surface area contributed by atoms with Gasteiger partial charge in [-0.3, -0.25) is 0 Å². The van der Waals surface area contributed by atoms with Gasteiger partial charge in [-0.1, -0.05) is 143 Å². The van der Waals surface area contributed by atoms with Crippen LogP contribution in [-0.4, -0.2) is 9.97 Å². The monoisotopic (exact) mass is 590 g/mol. The van der Waals surface area contributed by atoms with Gasteiger partial charge in [0.25, 0.3) is 0 Å². The van der Waals surface area contributed by atoms with Crippen molar-refractivity contribution < 1.29 is 0 Å². The van der Waals surface area contributed by atoms with Gasteiger partial charge in [0.1, 0.15) is 0 Å². The average molecular weight is 591 g/mol. The molecule has 2 nitrogen and oxygen atoms in total. The molecule has 1 aromatic heterocycles. The normalized spacial score (nSPS) is 14.9. The van der Waals surface area contributed by atoms with Crippen LogP contribution >= 0.6 is 0 Å². The van der Waals surface area contributed by atoms with Crippen molar-refractivity contribution in [1.82, 2.24) is 9.97 Å². The van der Waals surface area contributed by atoms with Gasteiger partial charge >= 0.3 is 0 Å². The van der Waals surface area contributed by atoms with Crippen molar-refractivity contribution in [3.8, 4) is 56.0 Å². The minimum Gasteiger partial charge on any atom is -0.228 e. The molecule has 2 aliphatic rings. The minimum atomic E-state index is -0.146. The van der Waals surface area contributed by atoms with Gasteiger partial charge in [-0.25, -0.2) is 9.97 Å². The number of aromatic nitrogens is 2. The summed E-state index contributed by atoms with van der Waals surface area (Å²) >= 11 is 0. The van der Waals surface area contributed by atoms with Crippen molar-refractivity contribution >= 4 is 10.9 Å². The third-order valence-corrected chi connectivity index (χ3v) is 10.5. The van der Waals surface area contributed by atoms with E-state index in [1.165, 1.54) is 55.6 Å². The largest absolute Gasteiger partial charge is 0.228 e. The fourth-order valence-corrected chi connectivity index (χ4v) is 8.05. The van der Waals surface area contributed by atoms with E-state index >= 15 is 0 Å². The maximum absolute atomic E-state index is 5.40. The van der Waals surface area contributed by atoms with E-state index in [2.05, 4.69) is 161 Å². The Morgan fingerprint density at radius 2 is 1.02 bits per heavy atom. The maximum Gasteiger partial charge on any atom is 0.161 e. The summed E-state index contributed by atoms with van der Waals surface area (Å²) in [6.45, 7) is 9.35. The lowest BCUT2D eigenvalue weighted by Crippen LogP contribution is -2.15. The molecule has 0 radical (unpaired) electrons. The average Bonchev–Trinajstić information content (AvgIpc) is 3.47. The van der Waals surface area contributed by atoms with E-state index in [0.29, 0.717) is 0 Å². The molecule has 2 heteroatoms. The molecule has 46 heavy (non-hydrogen) atoms. The molecule has 1 heterocycles. The Balaban J connectivity index is 1.22. The van der Waals surface area contributed by atoms with Crippen molar-refractivity contribution in [2.24, 2.45) is 0 Å². The Labute approximate surface area is 270 Å². The van der Waals surface area contributed by atoms with Crippen molar-refractivity contribution in [1.29, 1.82) is 0 Å². The summed E-state index contributed by atoms with van der Waals surface area (Å²) in [5, 5.41) is 1.07. The summed E-state index contributed by atoms with van der Waals surface area (Å²) in [6, 6.07) is 48.4.